The molecule has 2 aromatic rings. The van der Waals surface area contributed by atoms with Crippen molar-refractivity contribution in [3.8, 4) is 11.8 Å². The number of nitriles is 1. The van der Waals surface area contributed by atoms with Gasteiger partial charge in [-0.05, 0) is 29.7 Å². The molecule has 1 fully saturated rings. The molecule has 154 valence electrons. The van der Waals surface area contributed by atoms with Crippen LogP contribution in [0.2, 0.25) is 0 Å². The zero-order chi connectivity index (χ0) is 20.9. The van der Waals surface area contributed by atoms with Gasteiger partial charge in [0.1, 0.15) is 17.6 Å². The lowest BCUT2D eigenvalue weighted by Crippen LogP contribution is -2.46. The molecule has 2 heterocycles. The Labute approximate surface area is 173 Å². The number of ether oxygens (including phenoxy) is 1. The van der Waals surface area contributed by atoms with Crippen molar-refractivity contribution in [2.24, 2.45) is 5.41 Å². The molecule has 0 saturated carbocycles. The summed E-state index contributed by atoms with van der Waals surface area (Å²) in [5.41, 5.74) is 2.38. The molecule has 0 atom stereocenters. The van der Waals surface area contributed by atoms with Crippen molar-refractivity contribution in [3.05, 3.63) is 41.9 Å². The molecular weight excluding hydrogens is 364 g/mol. The Kier molecular flexibility index (Phi) is 6.55. The zero-order valence-electron chi connectivity index (χ0n) is 17.8. The van der Waals surface area contributed by atoms with E-state index in [2.05, 4.69) is 58.0 Å². The summed E-state index contributed by atoms with van der Waals surface area (Å²) in [4.78, 5) is 13.4. The van der Waals surface area contributed by atoms with E-state index in [0.717, 1.165) is 56.4 Å². The Morgan fingerprint density at radius 1 is 1.14 bits per heavy atom. The Morgan fingerprint density at radius 3 is 2.41 bits per heavy atom. The van der Waals surface area contributed by atoms with E-state index in [-0.39, 0.29) is 11.2 Å². The van der Waals surface area contributed by atoms with Gasteiger partial charge >= 0.3 is 0 Å². The third kappa shape index (κ3) is 5.81. The highest BCUT2D eigenvalue weighted by atomic mass is 16.5. The fourth-order valence-corrected chi connectivity index (χ4v) is 3.28. The van der Waals surface area contributed by atoms with Gasteiger partial charge in [0.15, 0.2) is 0 Å². The largest absolute Gasteiger partial charge is 0.497 e. The first-order chi connectivity index (χ1) is 13.9. The molecule has 0 bridgehead atoms. The van der Waals surface area contributed by atoms with Crippen molar-refractivity contribution in [1.29, 1.82) is 5.26 Å². The fraction of sp³-hybridized carbons (Fsp3) is 0.500. The highest BCUT2D eigenvalue weighted by Crippen LogP contribution is 2.22. The number of hydrogen-bond donors (Lipinski definition) is 1. The van der Waals surface area contributed by atoms with Gasteiger partial charge in [0.2, 0.25) is 5.82 Å². The quantitative estimate of drug-likeness (QED) is 0.806. The Bertz CT molecular complexity index is 845. The van der Waals surface area contributed by atoms with Gasteiger partial charge in [-0.3, -0.25) is 4.90 Å². The second-order valence-electron chi connectivity index (χ2n) is 8.55. The number of hydrogen-bond acceptors (Lipinski definition) is 7. The average Bonchev–Trinajstić information content (AvgIpc) is 2.73. The van der Waals surface area contributed by atoms with Crippen LogP contribution < -0.4 is 15.0 Å². The highest BCUT2D eigenvalue weighted by Gasteiger charge is 2.20. The van der Waals surface area contributed by atoms with E-state index < -0.39 is 0 Å². The Balaban J connectivity index is 1.62. The smallest absolute Gasteiger partial charge is 0.234 e. The predicted octanol–water partition coefficient (Wildman–Crippen LogP) is 3.14. The normalized spacial score (nSPS) is 15.1. The second-order valence-corrected chi connectivity index (χ2v) is 8.55. The molecule has 29 heavy (non-hydrogen) atoms. The van der Waals surface area contributed by atoms with Gasteiger partial charge in [-0.2, -0.15) is 5.26 Å². The Hall–Kier alpha value is -2.85. The van der Waals surface area contributed by atoms with E-state index in [1.54, 1.807) is 13.3 Å². The SMILES string of the molecule is COc1ccc(N2CCN(Cc3cnc(C#N)nc3NCC(C)(C)C)CC2)cc1. The van der Waals surface area contributed by atoms with Crippen molar-refractivity contribution in [3.63, 3.8) is 0 Å². The van der Waals surface area contributed by atoms with E-state index in [1.807, 2.05) is 18.2 Å². The minimum absolute atomic E-state index is 0.124. The summed E-state index contributed by atoms with van der Waals surface area (Å²) in [5.74, 6) is 1.85. The van der Waals surface area contributed by atoms with Crippen molar-refractivity contribution >= 4 is 11.5 Å². The second kappa shape index (κ2) is 9.10. The van der Waals surface area contributed by atoms with Crippen LogP contribution in [0.4, 0.5) is 11.5 Å². The third-order valence-electron chi connectivity index (χ3n) is 4.95. The standard InChI is InChI=1S/C22H30N6O/c1-22(2,3)16-25-21-17(14-24-20(13-23)26-21)15-27-9-11-28(12-10-27)18-5-7-19(29-4)8-6-18/h5-8,14H,9-12,15-16H2,1-4H3,(H,24,25,26). The monoisotopic (exact) mass is 394 g/mol. The maximum Gasteiger partial charge on any atom is 0.234 e. The number of methoxy groups -OCH3 is 1. The summed E-state index contributed by atoms with van der Waals surface area (Å²) in [5, 5.41) is 12.6. The number of aromatic nitrogens is 2. The van der Waals surface area contributed by atoms with Crippen LogP contribution in [0, 0.1) is 16.7 Å². The summed E-state index contributed by atoms with van der Waals surface area (Å²) in [6, 6.07) is 10.3. The predicted molar refractivity (Wildman–Crippen MR) is 115 cm³/mol. The summed E-state index contributed by atoms with van der Waals surface area (Å²) in [6.45, 7) is 11.9. The topological polar surface area (TPSA) is 77.3 Å². The van der Waals surface area contributed by atoms with Crippen molar-refractivity contribution < 1.29 is 4.74 Å². The van der Waals surface area contributed by atoms with E-state index in [1.165, 1.54) is 5.69 Å². The first-order valence-corrected chi connectivity index (χ1v) is 9.99. The van der Waals surface area contributed by atoms with E-state index in [0.29, 0.717) is 0 Å². The molecular formula is C22H30N6O. The van der Waals surface area contributed by atoms with Crippen LogP contribution in [-0.4, -0.2) is 54.7 Å². The minimum atomic E-state index is 0.124. The highest BCUT2D eigenvalue weighted by molar-refractivity contribution is 5.49. The lowest BCUT2D eigenvalue weighted by Gasteiger charge is -2.36. The summed E-state index contributed by atoms with van der Waals surface area (Å²) in [7, 11) is 1.69. The molecule has 0 radical (unpaired) electrons. The maximum absolute atomic E-state index is 9.15. The Morgan fingerprint density at radius 2 is 1.83 bits per heavy atom. The van der Waals surface area contributed by atoms with Crippen molar-refractivity contribution in [2.45, 2.75) is 27.3 Å². The number of nitrogens with zero attached hydrogens (tertiary/aromatic N) is 5. The van der Waals surface area contributed by atoms with Crippen LogP contribution in [0.3, 0.4) is 0 Å². The van der Waals surface area contributed by atoms with Crippen LogP contribution in [0.15, 0.2) is 30.5 Å². The lowest BCUT2D eigenvalue weighted by molar-refractivity contribution is 0.249. The molecule has 3 rings (SSSR count). The van der Waals surface area contributed by atoms with Crippen LogP contribution >= 0.6 is 0 Å². The molecule has 7 nitrogen and oxygen atoms in total. The lowest BCUT2D eigenvalue weighted by atomic mass is 9.97. The van der Waals surface area contributed by atoms with E-state index in [9.17, 15) is 0 Å². The fourth-order valence-electron chi connectivity index (χ4n) is 3.28. The molecule has 0 unspecified atom stereocenters. The third-order valence-corrected chi connectivity index (χ3v) is 4.95. The molecule has 0 spiro atoms. The van der Waals surface area contributed by atoms with Crippen molar-refractivity contribution in [2.75, 3.05) is 50.1 Å². The van der Waals surface area contributed by atoms with Gasteiger partial charge in [-0.1, -0.05) is 20.8 Å². The van der Waals surface area contributed by atoms with Crippen LogP contribution in [-0.2, 0) is 6.54 Å². The molecule has 1 aromatic carbocycles. The van der Waals surface area contributed by atoms with Crippen molar-refractivity contribution in [1.82, 2.24) is 14.9 Å². The molecule has 1 aliphatic heterocycles. The number of rotatable bonds is 6. The molecule has 1 saturated heterocycles. The summed E-state index contributed by atoms with van der Waals surface area (Å²) in [6.07, 6.45) is 1.78. The number of piperazine rings is 1. The molecule has 0 aliphatic carbocycles. The van der Waals surface area contributed by atoms with Gasteiger partial charge in [-0.25, -0.2) is 9.97 Å². The first-order valence-electron chi connectivity index (χ1n) is 9.99. The number of nitrogens with one attached hydrogen (secondary N) is 1. The maximum atomic E-state index is 9.15. The molecule has 1 aromatic heterocycles. The molecule has 7 heteroatoms. The van der Waals surface area contributed by atoms with Crippen LogP contribution in [0.25, 0.3) is 0 Å². The van der Waals surface area contributed by atoms with Gasteiger partial charge in [0.25, 0.3) is 0 Å². The zero-order valence-corrected chi connectivity index (χ0v) is 17.8. The van der Waals surface area contributed by atoms with Gasteiger partial charge < -0.3 is 15.0 Å². The average molecular weight is 395 g/mol. The van der Waals surface area contributed by atoms with E-state index >= 15 is 0 Å². The van der Waals surface area contributed by atoms with Gasteiger partial charge in [0.05, 0.1) is 7.11 Å². The molecule has 1 N–H and O–H groups in total. The minimum Gasteiger partial charge on any atom is -0.497 e. The van der Waals surface area contributed by atoms with Crippen LogP contribution in [0.1, 0.15) is 32.2 Å². The molecule has 1 aliphatic rings. The molecule has 0 amide bonds. The summed E-state index contributed by atoms with van der Waals surface area (Å²) < 4.78 is 5.24. The van der Waals surface area contributed by atoms with Crippen LogP contribution in [0.5, 0.6) is 5.75 Å². The number of benzene rings is 1. The first kappa shape index (κ1) is 20.9. The van der Waals surface area contributed by atoms with Gasteiger partial charge in [0, 0.05) is 56.7 Å². The van der Waals surface area contributed by atoms with Gasteiger partial charge in [-0.15, -0.1) is 0 Å². The van der Waals surface area contributed by atoms with E-state index in [4.69, 9.17) is 10.00 Å². The number of anilines is 2. The summed E-state index contributed by atoms with van der Waals surface area (Å²) >= 11 is 0.